The Bertz CT molecular complexity index is 193. The molecule has 1 heteroatoms. The van der Waals surface area contributed by atoms with Gasteiger partial charge in [0.15, 0.2) is 0 Å². The summed E-state index contributed by atoms with van der Waals surface area (Å²) in [6, 6.07) is 1.67. The number of hydrogen-bond acceptors (Lipinski definition) is 1. The van der Waals surface area contributed by atoms with Crippen molar-refractivity contribution in [1.29, 1.82) is 0 Å². The van der Waals surface area contributed by atoms with Gasteiger partial charge in [-0.1, -0.05) is 27.2 Å². The van der Waals surface area contributed by atoms with E-state index < -0.39 is 0 Å². The third kappa shape index (κ3) is 2.50. The van der Waals surface area contributed by atoms with Gasteiger partial charge in [-0.3, -0.25) is 0 Å². The minimum absolute atomic E-state index is 0.569. The molecule has 0 heterocycles. The van der Waals surface area contributed by atoms with Gasteiger partial charge >= 0.3 is 0 Å². The average molecular weight is 195 g/mol. The lowest BCUT2D eigenvalue weighted by Gasteiger charge is -2.42. The topological polar surface area (TPSA) is 12.0 Å². The van der Waals surface area contributed by atoms with E-state index in [1.165, 1.54) is 38.5 Å². The van der Waals surface area contributed by atoms with Gasteiger partial charge in [0.05, 0.1) is 0 Å². The minimum Gasteiger partial charge on any atom is -0.311 e. The lowest BCUT2D eigenvalue weighted by molar-refractivity contribution is 0.133. The van der Waals surface area contributed by atoms with E-state index >= 15 is 0 Å². The van der Waals surface area contributed by atoms with Crippen molar-refractivity contribution in [2.45, 2.75) is 71.4 Å². The summed E-state index contributed by atoms with van der Waals surface area (Å²) in [5.41, 5.74) is 0.569. The number of rotatable bonds is 2. The summed E-state index contributed by atoms with van der Waals surface area (Å²) >= 11 is 0. The molecule has 1 nitrogen and oxygen atoms in total. The fourth-order valence-corrected chi connectivity index (χ4v) is 3.38. The third-order valence-electron chi connectivity index (χ3n) is 3.96. The smallest absolute Gasteiger partial charge is 0.00772 e. The van der Waals surface area contributed by atoms with Gasteiger partial charge in [0.2, 0.25) is 0 Å². The van der Waals surface area contributed by atoms with Crippen molar-refractivity contribution in [2.24, 2.45) is 11.3 Å². The second kappa shape index (κ2) is 3.84. The summed E-state index contributed by atoms with van der Waals surface area (Å²) in [4.78, 5) is 0. The van der Waals surface area contributed by atoms with Crippen LogP contribution in [0.5, 0.6) is 0 Å². The number of hydrogen-bond donors (Lipinski definition) is 1. The number of nitrogens with one attached hydrogen (secondary N) is 1. The van der Waals surface area contributed by atoms with Crippen molar-refractivity contribution >= 4 is 0 Å². The average Bonchev–Trinajstić information content (AvgIpc) is 1.92. The molecule has 0 aromatic heterocycles. The van der Waals surface area contributed by atoms with E-state index in [1.54, 1.807) is 0 Å². The van der Waals surface area contributed by atoms with Crippen molar-refractivity contribution in [1.82, 2.24) is 5.32 Å². The van der Waals surface area contributed by atoms with Crippen LogP contribution in [0, 0.1) is 11.3 Å². The van der Waals surface area contributed by atoms with E-state index in [9.17, 15) is 0 Å². The maximum Gasteiger partial charge on any atom is 0.00772 e. The van der Waals surface area contributed by atoms with Crippen molar-refractivity contribution in [3.63, 3.8) is 0 Å². The van der Waals surface area contributed by atoms with E-state index in [1.807, 2.05) is 0 Å². The van der Waals surface area contributed by atoms with Gasteiger partial charge in [0.1, 0.15) is 0 Å². The van der Waals surface area contributed by atoms with E-state index in [0.717, 1.165) is 18.0 Å². The summed E-state index contributed by atoms with van der Waals surface area (Å²) in [6.45, 7) is 7.27. The Hall–Kier alpha value is -0.0400. The second-order valence-corrected chi connectivity index (χ2v) is 6.40. The highest BCUT2D eigenvalue weighted by atomic mass is 15.0. The van der Waals surface area contributed by atoms with Crippen LogP contribution >= 0.6 is 0 Å². The zero-order valence-electron chi connectivity index (χ0n) is 9.97. The largest absolute Gasteiger partial charge is 0.311 e. The van der Waals surface area contributed by atoms with Gasteiger partial charge in [-0.05, 0) is 43.4 Å². The Labute approximate surface area is 88.7 Å². The van der Waals surface area contributed by atoms with Crippen LogP contribution in [0.25, 0.3) is 0 Å². The molecule has 2 saturated carbocycles. The van der Waals surface area contributed by atoms with E-state index in [4.69, 9.17) is 0 Å². The molecular weight excluding hydrogens is 170 g/mol. The molecule has 0 saturated heterocycles. The van der Waals surface area contributed by atoms with Crippen molar-refractivity contribution < 1.29 is 0 Å². The molecular formula is C13H25N. The van der Waals surface area contributed by atoms with E-state index in [-0.39, 0.29) is 0 Å². The lowest BCUT2D eigenvalue weighted by atomic mass is 9.70. The standard InChI is InChI=1S/C13H25N/c1-10-7-12(9-13(2,3)8-10)14-11-5-4-6-11/h10-12,14H,4-9H2,1-3H3. The summed E-state index contributed by atoms with van der Waals surface area (Å²) in [7, 11) is 0. The van der Waals surface area contributed by atoms with Gasteiger partial charge in [0.25, 0.3) is 0 Å². The fraction of sp³-hybridized carbons (Fsp3) is 1.00. The van der Waals surface area contributed by atoms with Crippen LogP contribution in [-0.4, -0.2) is 12.1 Å². The van der Waals surface area contributed by atoms with E-state index in [2.05, 4.69) is 26.1 Å². The van der Waals surface area contributed by atoms with Crippen molar-refractivity contribution in [3.8, 4) is 0 Å². The lowest BCUT2D eigenvalue weighted by Crippen LogP contribution is -2.47. The quantitative estimate of drug-likeness (QED) is 0.712. The van der Waals surface area contributed by atoms with Crippen LogP contribution in [0.15, 0.2) is 0 Å². The molecule has 0 radical (unpaired) electrons. The summed E-state index contributed by atoms with van der Waals surface area (Å²) in [5.74, 6) is 0.913. The van der Waals surface area contributed by atoms with Gasteiger partial charge < -0.3 is 5.32 Å². The van der Waals surface area contributed by atoms with Crippen LogP contribution in [0.1, 0.15) is 59.3 Å². The summed E-state index contributed by atoms with van der Waals surface area (Å²) in [6.07, 6.45) is 8.49. The first-order valence-electron chi connectivity index (χ1n) is 6.31. The molecule has 2 aliphatic carbocycles. The summed E-state index contributed by atoms with van der Waals surface area (Å²) < 4.78 is 0. The third-order valence-corrected chi connectivity index (χ3v) is 3.96. The van der Waals surface area contributed by atoms with Crippen LogP contribution < -0.4 is 5.32 Å². The molecule has 0 bridgehead atoms. The van der Waals surface area contributed by atoms with Gasteiger partial charge in [-0.25, -0.2) is 0 Å². The molecule has 0 aromatic carbocycles. The monoisotopic (exact) mass is 195 g/mol. The zero-order chi connectivity index (χ0) is 10.2. The first-order chi connectivity index (χ1) is 6.55. The molecule has 1 N–H and O–H groups in total. The van der Waals surface area contributed by atoms with Crippen LogP contribution in [0.2, 0.25) is 0 Å². The molecule has 0 aromatic rings. The highest BCUT2D eigenvalue weighted by Crippen LogP contribution is 2.39. The first-order valence-corrected chi connectivity index (χ1v) is 6.31. The predicted molar refractivity (Wildman–Crippen MR) is 61.4 cm³/mol. The highest BCUT2D eigenvalue weighted by Gasteiger charge is 2.33. The summed E-state index contributed by atoms with van der Waals surface area (Å²) in [5, 5.41) is 3.84. The maximum atomic E-state index is 3.84. The van der Waals surface area contributed by atoms with E-state index in [0.29, 0.717) is 5.41 Å². The molecule has 82 valence electrons. The highest BCUT2D eigenvalue weighted by molar-refractivity contribution is 4.89. The maximum absolute atomic E-state index is 3.84. The fourth-order valence-electron chi connectivity index (χ4n) is 3.38. The second-order valence-electron chi connectivity index (χ2n) is 6.40. The zero-order valence-corrected chi connectivity index (χ0v) is 9.97. The predicted octanol–water partition coefficient (Wildman–Crippen LogP) is 3.34. The molecule has 2 fully saturated rings. The SMILES string of the molecule is CC1CC(NC2CCC2)CC(C)(C)C1. The normalized spacial score (nSPS) is 37.9. The molecule has 0 spiro atoms. The molecule has 2 atom stereocenters. The molecule has 2 unspecified atom stereocenters. The van der Waals surface area contributed by atoms with Gasteiger partial charge in [-0.15, -0.1) is 0 Å². The Balaban J connectivity index is 1.85. The first kappa shape index (κ1) is 10.5. The van der Waals surface area contributed by atoms with Gasteiger partial charge in [-0.2, -0.15) is 0 Å². The van der Waals surface area contributed by atoms with Crippen LogP contribution in [-0.2, 0) is 0 Å². The Morgan fingerprint density at radius 1 is 1.07 bits per heavy atom. The molecule has 2 rings (SSSR count). The Kier molecular flexibility index (Phi) is 2.88. The van der Waals surface area contributed by atoms with Crippen molar-refractivity contribution in [3.05, 3.63) is 0 Å². The van der Waals surface area contributed by atoms with Gasteiger partial charge in [0, 0.05) is 12.1 Å². The van der Waals surface area contributed by atoms with Crippen LogP contribution in [0.3, 0.4) is 0 Å². The Morgan fingerprint density at radius 3 is 2.29 bits per heavy atom. The molecule has 0 aliphatic heterocycles. The Morgan fingerprint density at radius 2 is 1.79 bits per heavy atom. The molecule has 2 aliphatic rings. The van der Waals surface area contributed by atoms with Crippen LogP contribution in [0.4, 0.5) is 0 Å². The van der Waals surface area contributed by atoms with Crippen molar-refractivity contribution in [2.75, 3.05) is 0 Å². The minimum atomic E-state index is 0.569. The molecule has 0 amide bonds. The molecule has 14 heavy (non-hydrogen) atoms.